The molecule has 140 valence electrons. The molecule has 3 aromatic rings. The first-order chi connectivity index (χ1) is 13.5. The number of hydrogen-bond donors (Lipinski definition) is 1. The summed E-state index contributed by atoms with van der Waals surface area (Å²) in [4.78, 5) is 32.7. The molecule has 0 saturated carbocycles. The molecule has 28 heavy (non-hydrogen) atoms. The highest BCUT2D eigenvalue weighted by molar-refractivity contribution is 5.96. The Balaban J connectivity index is 1.66. The molecule has 1 heterocycles. The predicted molar refractivity (Wildman–Crippen MR) is 101 cm³/mol. The smallest absolute Gasteiger partial charge is 0.307 e. The minimum atomic E-state index is -0.644. The van der Waals surface area contributed by atoms with E-state index in [0.29, 0.717) is 16.5 Å². The van der Waals surface area contributed by atoms with E-state index < -0.39 is 15.8 Å². The van der Waals surface area contributed by atoms with Crippen LogP contribution >= 0.6 is 0 Å². The van der Waals surface area contributed by atoms with Gasteiger partial charge in [0.25, 0.3) is 11.4 Å². The van der Waals surface area contributed by atoms with Gasteiger partial charge in [0.15, 0.2) is 5.76 Å². The zero-order chi connectivity index (χ0) is 20.1. The largest absolute Gasteiger partial charge is 0.451 e. The number of carbonyl (C=O) groups excluding carboxylic acids is 1. The molecule has 0 bridgehead atoms. The molecular formula is C18H12N4O6. The summed E-state index contributed by atoms with van der Waals surface area (Å²) in [5.41, 5.74) is 2.80. The van der Waals surface area contributed by atoms with Gasteiger partial charge in [0, 0.05) is 29.8 Å². The normalized spacial score (nSPS) is 11.3. The SMILES string of the molecule is O=C(N/N=C\C=C\c1ccccc1[N+](=O)[O-])c1cc2cc([N+](=O)[O-])ccc2o1. The molecule has 10 heteroatoms. The fourth-order valence-electron chi connectivity index (χ4n) is 2.39. The number of carbonyl (C=O) groups is 1. The number of para-hydroxylation sites is 1. The first-order valence-corrected chi connectivity index (χ1v) is 7.87. The lowest BCUT2D eigenvalue weighted by molar-refractivity contribution is -0.385. The monoisotopic (exact) mass is 380 g/mol. The molecule has 0 aliphatic rings. The fourth-order valence-corrected chi connectivity index (χ4v) is 2.39. The maximum Gasteiger partial charge on any atom is 0.307 e. The van der Waals surface area contributed by atoms with Crippen LogP contribution in [0.25, 0.3) is 17.0 Å². The van der Waals surface area contributed by atoms with Crippen LogP contribution in [0.15, 0.2) is 64.1 Å². The highest BCUT2D eigenvalue weighted by Crippen LogP contribution is 2.24. The highest BCUT2D eigenvalue weighted by atomic mass is 16.6. The van der Waals surface area contributed by atoms with Crippen molar-refractivity contribution < 1.29 is 19.1 Å². The van der Waals surface area contributed by atoms with Crippen LogP contribution < -0.4 is 5.43 Å². The van der Waals surface area contributed by atoms with E-state index in [1.807, 2.05) is 0 Å². The van der Waals surface area contributed by atoms with E-state index in [2.05, 4.69) is 10.5 Å². The van der Waals surface area contributed by atoms with Crippen LogP contribution in [0, 0.1) is 20.2 Å². The van der Waals surface area contributed by atoms with Crippen LogP contribution in [0.4, 0.5) is 11.4 Å². The number of nitrogens with one attached hydrogen (secondary N) is 1. The molecule has 2 aromatic carbocycles. The first-order valence-electron chi connectivity index (χ1n) is 7.87. The number of fused-ring (bicyclic) bond motifs is 1. The van der Waals surface area contributed by atoms with E-state index in [0.717, 1.165) is 0 Å². The lowest BCUT2D eigenvalue weighted by atomic mass is 10.2. The number of benzene rings is 2. The predicted octanol–water partition coefficient (Wildman–Crippen LogP) is 3.68. The van der Waals surface area contributed by atoms with Crippen molar-refractivity contribution in [2.45, 2.75) is 0 Å². The van der Waals surface area contributed by atoms with Crippen LogP contribution in [0.2, 0.25) is 0 Å². The Morgan fingerprint density at radius 3 is 2.61 bits per heavy atom. The third-order valence-electron chi connectivity index (χ3n) is 3.67. The maximum atomic E-state index is 12.0. The van der Waals surface area contributed by atoms with Crippen molar-refractivity contribution in [1.82, 2.24) is 5.43 Å². The number of non-ortho nitro benzene ring substituents is 1. The minimum Gasteiger partial charge on any atom is -0.451 e. The molecule has 0 aliphatic carbocycles. The number of allylic oxidation sites excluding steroid dienone is 1. The van der Waals surface area contributed by atoms with Crippen LogP contribution in [-0.4, -0.2) is 22.0 Å². The van der Waals surface area contributed by atoms with Crippen molar-refractivity contribution in [3.63, 3.8) is 0 Å². The Bertz CT molecular complexity index is 1130. The van der Waals surface area contributed by atoms with Gasteiger partial charge in [-0.25, -0.2) is 5.43 Å². The van der Waals surface area contributed by atoms with Crippen molar-refractivity contribution in [1.29, 1.82) is 0 Å². The Hall–Kier alpha value is -4.34. The third kappa shape index (κ3) is 4.07. The quantitative estimate of drug-likeness (QED) is 0.393. The van der Waals surface area contributed by atoms with Crippen LogP contribution in [-0.2, 0) is 0 Å². The number of hydrogen-bond acceptors (Lipinski definition) is 7. The van der Waals surface area contributed by atoms with Crippen molar-refractivity contribution in [3.8, 4) is 0 Å². The summed E-state index contributed by atoms with van der Waals surface area (Å²) in [6.45, 7) is 0. The van der Waals surface area contributed by atoms with Crippen molar-refractivity contribution in [2.24, 2.45) is 5.10 Å². The highest BCUT2D eigenvalue weighted by Gasteiger charge is 2.14. The lowest BCUT2D eigenvalue weighted by Crippen LogP contribution is -2.16. The van der Waals surface area contributed by atoms with E-state index in [4.69, 9.17) is 4.42 Å². The molecule has 0 aliphatic heterocycles. The van der Waals surface area contributed by atoms with Gasteiger partial charge in [0.05, 0.1) is 15.4 Å². The summed E-state index contributed by atoms with van der Waals surface area (Å²) in [6, 6.07) is 11.5. The van der Waals surface area contributed by atoms with Crippen molar-refractivity contribution in [2.75, 3.05) is 0 Å². The topological polar surface area (TPSA) is 141 Å². The summed E-state index contributed by atoms with van der Waals surface area (Å²) in [6.07, 6.45) is 4.17. The molecule has 0 radical (unpaired) electrons. The molecule has 1 aromatic heterocycles. The van der Waals surface area contributed by atoms with Gasteiger partial charge < -0.3 is 4.42 Å². The number of amides is 1. The van der Waals surface area contributed by atoms with Crippen LogP contribution in [0.1, 0.15) is 16.1 Å². The van der Waals surface area contributed by atoms with Gasteiger partial charge in [-0.15, -0.1) is 0 Å². The third-order valence-corrected chi connectivity index (χ3v) is 3.67. The number of furan rings is 1. The fraction of sp³-hybridized carbons (Fsp3) is 0. The lowest BCUT2D eigenvalue weighted by Gasteiger charge is -1.95. The Morgan fingerprint density at radius 2 is 1.86 bits per heavy atom. The second kappa shape index (κ2) is 7.91. The Labute approximate surface area is 157 Å². The molecule has 0 unspecified atom stereocenters. The second-order valence-electron chi connectivity index (χ2n) is 5.48. The Morgan fingerprint density at radius 1 is 1.07 bits per heavy atom. The van der Waals surface area contributed by atoms with Gasteiger partial charge in [0.2, 0.25) is 0 Å². The molecule has 3 rings (SSSR count). The zero-order valence-electron chi connectivity index (χ0n) is 14.1. The van der Waals surface area contributed by atoms with Crippen LogP contribution in [0.3, 0.4) is 0 Å². The van der Waals surface area contributed by atoms with Crippen molar-refractivity contribution >= 4 is 40.5 Å². The number of nitrogens with zero attached hydrogens (tertiary/aromatic N) is 3. The number of rotatable bonds is 6. The molecular weight excluding hydrogens is 368 g/mol. The van der Waals surface area contributed by atoms with Gasteiger partial charge in [-0.3, -0.25) is 25.0 Å². The van der Waals surface area contributed by atoms with Crippen LogP contribution in [0.5, 0.6) is 0 Å². The van der Waals surface area contributed by atoms with Gasteiger partial charge in [-0.1, -0.05) is 12.1 Å². The summed E-state index contributed by atoms with van der Waals surface area (Å²) in [7, 11) is 0. The number of hydrazone groups is 1. The molecule has 0 atom stereocenters. The molecule has 1 amide bonds. The second-order valence-corrected chi connectivity index (χ2v) is 5.48. The van der Waals surface area contributed by atoms with Gasteiger partial charge in [-0.2, -0.15) is 5.10 Å². The molecule has 0 spiro atoms. The average molecular weight is 380 g/mol. The molecule has 10 nitrogen and oxygen atoms in total. The van der Waals surface area contributed by atoms with Gasteiger partial charge in [0.1, 0.15) is 5.58 Å². The van der Waals surface area contributed by atoms with E-state index in [1.165, 1.54) is 48.7 Å². The first kappa shape index (κ1) is 18.5. The minimum absolute atomic E-state index is 0.0486. The molecule has 0 saturated heterocycles. The summed E-state index contributed by atoms with van der Waals surface area (Å²) in [5, 5.41) is 25.8. The zero-order valence-corrected chi connectivity index (χ0v) is 14.1. The average Bonchev–Trinajstić information content (AvgIpc) is 3.11. The number of nitro groups is 2. The van der Waals surface area contributed by atoms with E-state index in [9.17, 15) is 25.0 Å². The summed E-state index contributed by atoms with van der Waals surface area (Å²) < 4.78 is 5.33. The van der Waals surface area contributed by atoms with Gasteiger partial charge >= 0.3 is 5.91 Å². The van der Waals surface area contributed by atoms with E-state index in [1.54, 1.807) is 18.2 Å². The van der Waals surface area contributed by atoms with Gasteiger partial charge in [-0.05, 0) is 30.4 Å². The Kier molecular flexibility index (Phi) is 5.21. The molecule has 1 N–H and O–H groups in total. The standard InChI is InChI=1S/C18H12N4O6/c23-18(17-11-13-10-14(21(24)25)7-8-16(13)28-17)20-19-9-3-5-12-4-1-2-6-15(12)22(26)27/h1-11H,(H,20,23)/b5-3+,19-9-. The summed E-state index contributed by atoms with van der Waals surface area (Å²) in [5.74, 6) is -0.704. The molecule has 0 fully saturated rings. The number of nitro benzene ring substituents is 2. The van der Waals surface area contributed by atoms with E-state index >= 15 is 0 Å². The maximum absolute atomic E-state index is 12.0. The van der Waals surface area contributed by atoms with E-state index in [-0.39, 0.29) is 17.1 Å². The summed E-state index contributed by atoms with van der Waals surface area (Å²) >= 11 is 0. The van der Waals surface area contributed by atoms with Crippen molar-refractivity contribution in [3.05, 3.63) is 86.2 Å².